The van der Waals surface area contributed by atoms with Gasteiger partial charge < -0.3 is 14.8 Å². The molecule has 0 aliphatic carbocycles. The van der Waals surface area contributed by atoms with Gasteiger partial charge in [-0.3, -0.25) is 4.79 Å². The Hall–Kier alpha value is -3.08. The zero-order valence-corrected chi connectivity index (χ0v) is 14.9. The molecule has 3 aromatic rings. The van der Waals surface area contributed by atoms with Crippen molar-refractivity contribution in [3.63, 3.8) is 0 Å². The van der Waals surface area contributed by atoms with Crippen LogP contribution in [0, 0.1) is 0 Å². The van der Waals surface area contributed by atoms with Crippen molar-refractivity contribution in [2.75, 3.05) is 25.0 Å². The number of anilines is 1. The van der Waals surface area contributed by atoms with Gasteiger partial charge in [0.05, 0.1) is 11.9 Å². The zero-order valence-electron chi connectivity index (χ0n) is 14.9. The van der Waals surface area contributed by atoms with Crippen LogP contribution < -0.4 is 4.90 Å². The van der Waals surface area contributed by atoms with Gasteiger partial charge in [-0.25, -0.2) is 4.98 Å². The van der Waals surface area contributed by atoms with Crippen LogP contribution in [0.25, 0.3) is 22.2 Å². The molecule has 1 unspecified atom stereocenters. The molecule has 5 nitrogen and oxygen atoms in total. The minimum atomic E-state index is 0.00600. The molecule has 1 N–H and O–H groups in total. The topological polar surface area (TPSA) is 52.2 Å². The van der Waals surface area contributed by atoms with E-state index in [0.717, 1.165) is 41.8 Å². The number of H-pyrrole nitrogens is 1. The van der Waals surface area contributed by atoms with E-state index in [4.69, 9.17) is 0 Å². The summed E-state index contributed by atoms with van der Waals surface area (Å²) in [7, 11) is 2.07. The summed E-state index contributed by atoms with van der Waals surface area (Å²) in [6.07, 6.45) is 6.25. The highest BCUT2D eigenvalue weighted by Crippen LogP contribution is 2.31. The van der Waals surface area contributed by atoms with Crippen molar-refractivity contribution in [3.8, 4) is 11.1 Å². The molecule has 4 rings (SSSR count). The van der Waals surface area contributed by atoms with Crippen LogP contribution in [-0.2, 0) is 4.79 Å². The van der Waals surface area contributed by atoms with Crippen LogP contribution >= 0.6 is 0 Å². The molecule has 0 radical (unpaired) electrons. The minimum absolute atomic E-state index is 0.00600. The van der Waals surface area contributed by atoms with Gasteiger partial charge in [0.2, 0.25) is 5.91 Å². The molecule has 5 heteroatoms. The third kappa shape index (κ3) is 2.86. The van der Waals surface area contributed by atoms with Gasteiger partial charge in [-0.05, 0) is 24.1 Å². The summed E-state index contributed by atoms with van der Waals surface area (Å²) in [5.41, 5.74) is 4.27. The van der Waals surface area contributed by atoms with Gasteiger partial charge in [0.25, 0.3) is 0 Å². The summed E-state index contributed by atoms with van der Waals surface area (Å²) in [4.78, 5) is 23.8. The maximum absolute atomic E-state index is 11.8. The maximum atomic E-state index is 11.8. The van der Waals surface area contributed by atoms with Crippen LogP contribution in [0.4, 0.5) is 5.69 Å². The number of pyridine rings is 1. The van der Waals surface area contributed by atoms with Crippen LogP contribution in [0.1, 0.15) is 6.42 Å². The number of fused-ring (bicyclic) bond motifs is 1. The molecule has 0 saturated carbocycles. The van der Waals surface area contributed by atoms with Gasteiger partial charge in [0, 0.05) is 43.3 Å². The first kappa shape index (κ1) is 16.4. The highest BCUT2D eigenvalue weighted by atomic mass is 16.2. The third-order valence-corrected chi connectivity index (χ3v) is 5.21. The fourth-order valence-electron chi connectivity index (χ4n) is 3.64. The quantitative estimate of drug-likeness (QED) is 0.736. The molecule has 1 saturated heterocycles. The van der Waals surface area contributed by atoms with E-state index in [2.05, 4.69) is 46.7 Å². The Morgan fingerprint density at radius 2 is 2.19 bits per heavy atom. The monoisotopic (exact) mass is 346 g/mol. The number of aromatic amines is 1. The van der Waals surface area contributed by atoms with Crippen molar-refractivity contribution >= 4 is 22.6 Å². The molecule has 1 atom stereocenters. The SMILES string of the molecule is C=CC(=O)N1CCC(N(C)c2cnc3[nH]cc(-c4ccccc4)c3c2)C1. The first-order valence-electron chi connectivity index (χ1n) is 8.84. The molecule has 2 aromatic heterocycles. The lowest BCUT2D eigenvalue weighted by Gasteiger charge is -2.26. The molecule has 132 valence electrons. The minimum Gasteiger partial charge on any atom is -0.368 e. The summed E-state index contributed by atoms with van der Waals surface area (Å²) in [6.45, 7) is 5.07. The number of nitrogens with one attached hydrogen (secondary N) is 1. The molecule has 1 aliphatic rings. The van der Waals surface area contributed by atoms with E-state index in [9.17, 15) is 4.79 Å². The fourth-order valence-corrected chi connectivity index (χ4v) is 3.64. The third-order valence-electron chi connectivity index (χ3n) is 5.21. The van der Waals surface area contributed by atoms with Crippen molar-refractivity contribution < 1.29 is 4.79 Å². The Morgan fingerprint density at radius 1 is 1.38 bits per heavy atom. The molecule has 1 fully saturated rings. The summed E-state index contributed by atoms with van der Waals surface area (Å²) in [5.74, 6) is 0.00600. The summed E-state index contributed by atoms with van der Waals surface area (Å²) < 4.78 is 0. The number of carbonyl (C=O) groups is 1. The predicted octanol–water partition coefficient (Wildman–Crippen LogP) is 3.45. The lowest BCUT2D eigenvalue weighted by molar-refractivity contribution is -0.125. The average Bonchev–Trinajstić information content (AvgIpc) is 3.34. The Labute approximate surface area is 153 Å². The molecular weight excluding hydrogens is 324 g/mol. The van der Waals surface area contributed by atoms with E-state index < -0.39 is 0 Å². The molecule has 0 bridgehead atoms. The van der Waals surface area contributed by atoms with Gasteiger partial charge in [0.15, 0.2) is 0 Å². The second-order valence-corrected chi connectivity index (χ2v) is 6.70. The molecular formula is C21H22N4O. The van der Waals surface area contributed by atoms with Gasteiger partial charge in [-0.15, -0.1) is 0 Å². The van der Waals surface area contributed by atoms with Crippen LogP contribution in [0.3, 0.4) is 0 Å². The molecule has 3 heterocycles. The normalized spacial score (nSPS) is 16.8. The summed E-state index contributed by atoms with van der Waals surface area (Å²) in [6, 6.07) is 12.8. The van der Waals surface area contributed by atoms with Gasteiger partial charge in [-0.2, -0.15) is 0 Å². The van der Waals surface area contributed by atoms with Crippen molar-refractivity contribution in [3.05, 3.63) is 61.4 Å². The zero-order chi connectivity index (χ0) is 18.1. The van der Waals surface area contributed by atoms with E-state index in [1.54, 1.807) is 0 Å². The number of carbonyl (C=O) groups excluding carboxylic acids is 1. The molecule has 1 aromatic carbocycles. The number of benzene rings is 1. The number of rotatable bonds is 4. The lowest BCUT2D eigenvalue weighted by Crippen LogP contribution is -2.36. The predicted molar refractivity (Wildman–Crippen MR) is 105 cm³/mol. The van der Waals surface area contributed by atoms with Crippen molar-refractivity contribution in [2.45, 2.75) is 12.5 Å². The number of nitrogens with zero attached hydrogens (tertiary/aromatic N) is 3. The molecule has 26 heavy (non-hydrogen) atoms. The van der Waals surface area contributed by atoms with Crippen molar-refractivity contribution in [1.82, 2.24) is 14.9 Å². The number of likely N-dealkylation sites (N-methyl/N-ethyl adjacent to an activating group) is 1. The van der Waals surface area contributed by atoms with Crippen molar-refractivity contribution in [1.29, 1.82) is 0 Å². The Morgan fingerprint density at radius 3 is 2.96 bits per heavy atom. The standard InChI is InChI=1S/C21H22N4O/c1-3-20(26)25-10-9-16(14-25)24(2)17-11-18-19(13-23-21(18)22-12-17)15-7-5-4-6-8-15/h3-8,11-13,16H,1,9-10,14H2,2H3,(H,22,23). The van der Waals surface area contributed by atoms with E-state index in [1.165, 1.54) is 11.6 Å². The van der Waals surface area contributed by atoms with Crippen molar-refractivity contribution in [2.24, 2.45) is 0 Å². The number of amides is 1. The van der Waals surface area contributed by atoms with E-state index >= 15 is 0 Å². The Balaban J connectivity index is 1.63. The molecule has 1 amide bonds. The lowest BCUT2D eigenvalue weighted by atomic mass is 10.1. The highest BCUT2D eigenvalue weighted by Gasteiger charge is 2.28. The first-order valence-corrected chi connectivity index (χ1v) is 8.84. The van der Waals surface area contributed by atoms with Gasteiger partial charge >= 0.3 is 0 Å². The number of likely N-dealkylation sites (tertiary alicyclic amines) is 1. The van der Waals surface area contributed by atoms with Crippen LogP contribution in [-0.4, -0.2) is 47.0 Å². The van der Waals surface area contributed by atoms with E-state index in [0.29, 0.717) is 0 Å². The number of hydrogen-bond acceptors (Lipinski definition) is 3. The van der Waals surface area contributed by atoms with E-state index in [-0.39, 0.29) is 11.9 Å². The fraction of sp³-hybridized carbons (Fsp3) is 0.238. The number of aromatic nitrogens is 2. The Bertz CT molecular complexity index is 947. The van der Waals surface area contributed by atoms with Gasteiger partial charge in [-0.1, -0.05) is 36.9 Å². The second kappa shape index (κ2) is 6.67. The summed E-state index contributed by atoms with van der Waals surface area (Å²) >= 11 is 0. The maximum Gasteiger partial charge on any atom is 0.246 e. The van der Waals surface area contributed by atoms with Crippen LogP contribution in [0.2, 0.25) is 0 Å². The smallest absolute Gasteiger partial charge is 0.246 e. The molecule has 1 aliphatic heterocycles. The average molecular weight is 346 g/mol. The second-order valence-electron chi connectivity index (χ2n) is 6.70. The highest BCUT2D eigenvalue weighted by molar-refractivity contribution is 5.95. The van der Waals surface area contributed by atoms with E-state index in [1.807, 2.05) is 35.5 Å². The summed E-state index contributed by atoms with van der Waals surface area (Å²) in [5, 5.41) is 1.11. The Kier molecular flexibility index (Phi) is 4.21. The molecule has 0 spiro atoms. The first-order chi connectivity index (χ1) is 12.7. The largest absolute Gasteiger partial charge is 0.368 e. The van der Waals surface area contributed by atoms with Crippen LogP contribution in [0.15, 0.2) is 61.4 Å². The number of hydrogen-bond donors (Lipinski definition) is 1. The van der Waals surface area contributed by atoms with Gasteiger partial charge in [0.1, 0.15) is 5.65 Å². The van der Waals surface area contributed by atoms with Crippen LogP contribution in [0.5, 0.6) is 0 Å².